The van der Waals surface area contributed by atoms with E-state index in [9.17, 15) is 4.79 Å². The van der Waals surface area contributed by atoms with Crippen molar-refractivity contribution in [3.8, 4) is 0 Å². The van der Waals surface area contributed by atoms with Gasteiger partial charge in [0.25, 0.3) is 0 Å². The van der Waals surface area contributed by atoms with Gasteiger partial charge in [-0.2, -0.15) is 0 Å². The summed E-state index contributed by atoms with van der Waals surface area (Å²) in [4.78, 5) is 12.5. The molecule has 0 spiro atoms. The Morgan fingerprint density at radius 1 is 1.04 bits per heavy atom. The monoisotopic (exact) mass is 347 g/mol. The third kappa shape index (κ3) is 3.35. The van der Waals surface area contributed by atoms with E-state index in [0.717, 1.165) is 16.5 Å². The SMILES string of the molecule is Cc1nnc(CC(=O)N[C@@H](c2ccccc2)c2cc3ccccc3o2)o1. The number of hydrogen-bond donors (Lipinski definition) is 1. The molecule has 0 aliphatic carbocycles. The molecule has 0 saturated heterocycles. The summed E-state index contributed by atoms with van der Waals surface area (Å²) in [5, 5.41) is 11.6. The van der Waals surface area contributed by atoms with Crippen molar-refractivity contribution in [3.05, 3.63) is 83.8 Å². The van der Waals surface area contributed by atoms with E-state index in [4.69, 9.17) is 8.83 Å². The first kappa shape index (κ1) is 16.1. The van der Waals surface area contributed by atoms with Crippen molar-refractivity contribution >= 4 is 16.9 Å². The van der Waals surface area contributed by atoms with E-state index < -0.39 is 6.04 Å². The fraction of sp³-hybridized carbons (Fsp3) is 0.150. The number of furan rings is 1. The number of aryl methyl sites for hydroxylation is 1. The third-order valence-corrected chi connectivity index (χ3v) is 4.05. The molecule has 4 aromatic rings. The minimum absolute atomic E-state index is 0.0183. The number of aromatic nitrogens is 2. The minimum Gasteiger partial charge on any atom is -0.459 e. The molecule has 1 amide bonds. The number of benzene rings is 2. The molecule has 1 atom stereocenters. The molecule has 0 bridgehead atoms. The predicted molar refractivity (Wildman–Crippen MR) is 95.4 cm³/mol. The number of para-hydroxylation sites is 1. The summed E-state index contributed by atoms with van der Waals surface area (Å²) in [6.07, 6.45) is 0.0183. The number of fused-ring (bicyclic) bond motifs is 1. The highest BCUT2D eigenvalue weighted by Crippen LogP contribution is 2.28. The van der Waals surface area contributed by atoms with Crippen molar-refractivity contribution in [1.29, 1.82) is 0 Å². The van der Waals surface area contributed by atoms with Gasteiger partial charge >= 0.3 is 0 Å². The Hall–Kier alpha value is -3.41. The van der Waals surface area contributed by atoms with Crippen LogP contribution in [0.4, 0.5) is 0 Å². The average molecular weight is 347 g/mol. The third-order valence-electron chi connectivity index (χ3n) is 4.05. The Balaban J connectivity index is 1.63. The standard InChI is InChI=1S/C20H17N3O3/c1-13-22-23-19(25-13)12-18(24)21-20(14-7-3-2-4-8-14)17-11-15-9-5-6-10-16(15)26-17/h2-11,20H,12H2,1H3,(H,21,24)/t20-/m0/s1. The van der Waals surface area contributed by atoms with Crippen LogP contribution in [0.5, 0.6) is 0 Å². The molecule has 0 unspecified atom stereocenters. The minimum atomic E-state index is -0.403. The number of amides is 1. The van der Waals surface area contributed by atoms with Gasteiger partial charge in [-0.25, -0.2) is 0 Å². The fourth-order valence-corrected chi connectivity index (χ4v) is 2.87. The van der Waals surface area contributed by atoms with Crippen molar-refractivity contribution in [2.24, 2.45) is 0 Å². The van der Waals surface area contributed by atoms with E-state index in [0.29, 0.717) is 11.7 Å². The van der Waals surface area contributed by atoms with E-state index in [2.05, 4.69) is 15.5 Å². The molecule has 6 nitrogen and oxygen atoms in total. The lowest BCUT2D eigenvalue weighted by Gasteiger charge is -2.16. The van der Waals surface area contributed by atoms with Gasteiger partial charge in [-0.1, -0.05) is 48.5 Å². The van der Waals surface area contributed by atoms with Gasteiger partial charge < -0.3 is 14.2 Å². The van der Waals surface area contributed by atoms with Crippen LogP contribution in [0.25, 0.3) is 11.0 Å². The average Bonchev–Trinajstić information content (AvgIpc) is 3.26. The van der Waals surface area contributed by atoms with Gasteiger partial charge in [-0.15, -0.1) is 10.2 Å². The first-order valence-electron chi connectivity index (χ1n) is 8.31. The number of hydrogen-bond acceptors (Lipinski definition) is 5. The molecule has 26 heavy (non-hydrogen) atoms. The summed E-state index contributed by atoms with van der Waals surface area (Å²) in [6, 6.07) is 19.0. The zero-order valence-corrected chi connectivity index (χ0v) is 14.2. The van der Waals surface area contributed by atoms with Crippen LogP contribution in [0.15, 0.2) is 69.5 Å². The number of carbonyl (C=O) groups excluding carboxylic acids is 1. The number of nitrogens with one attached hydrogen (secondary N) is 1. The van der Waals surface area contributed by atoms with Crippen molar-refractivity contribution < 1.29 is 13.6 Å². The molecule has 0 aliphatic rings. The number of rotatable bonds is 5. The maximum atomic E-state index is 12.5. The van der Waals surface area contributed by atoms with Crippen LogP contribution in [0, 0.1) is 6.92 Å². The van der Waals surface area contributed by atoms with Gasteiger partial charge in [0.15, 0.2) is 0 Å². The lowest BCUT2D eigenvalue weighted by molar-refractivity contribution is -0.121. The van der Waals surface area contributed by atoms with E-state index in [-0.39, 0.29) is 18.2 Å². The lowest BCUT2D eigenvalue weighted by atomic mass is 10.0. The zero-order chi connectivity index (χ0) is 17.9. The molecule has 130 valence electrons. The second-order valence-electron chi connectivity index (χ2n) is 5.99. The predicted octanol–water partition coefficient (Wildman–Crippen LogP) is 3.57. The maximum Gasteiger partial charge on any atom is 0.230 e. The van der Waals surface area contributed by atoms with E-state index in [1.54, 1.807) is 6.92 Å². The number of carbonyl (C=O) groups is 1. The Morgan fingerprint density at radius 3 is 2.54 bits per heavy atom. The summed E-state index contributed by atoms with van der Waals surface area (Å²) >= 11 is 0. The van der Waals surface area contributed by atoms with E-state index >= 15 is 0 Å². The molecule has 2 aromatic heterocycles. The first-order chi connectivity index (χ1) is 12.7. The highest BCUT2D eigenvalue weighted by atomic mass is 16.4. The lowest BCUT2D eigenvalue weighted by Crippen LogP contribution is -2.30. The zero-order valence-electron chi connectivity index (χ0n) is 14.2. The van der Waals surface area contributed by atoms with Crippen molar-refractivity contribution in [1.82, 2.24) is 15.5 Å². The number of nitrogens with zero attached hydrogens (tertiary/aromatic N) is 2. The van der Waals surface area contributed by atoms with Gasteiger partial charge in [0.1, 0.15) is 23.8 Å². The van der Waals surface area contributed by atoms with Gasteiger partial charge in [0.05, 0.1) is 0 Å². The van der Waals surface area contributed by atoms with Gasteiger partial charge in [-0.05, 0) is 17.7 Å². The largest absolute Gasteiger partial charge is 0.459 e. The summed E-state index contributed by atoms with van der Waals surface area (Å²) in [7, 11) is 0. The van der Waals surface area contributed by atoms with Crippen molar-refractivity contribution in [2.75, 3.05) is 0 Å². The first-order valence-corrected chi connectivity index (χ1v) is 8.31. The second kappa shape index (κ2) is 6.84. The Kier molecular flexibility index (Phi) is 4.23. The van der Waals surface area contributed by atoms with Crippen molar-refractivity contribution in [2.45, 2.75) is 19.4 Å². The summed E-state index contributed by atoms with van der Waals surface area (Å²) < 4.78 is 11.3. The fourth-order valence-electron chi connectivity index (χ4n) is 2.87. The van der Waals surface area contributed by atoms with Crippen LogP contribution < -0.4 is 5.32 Å². The summed E-state index contributed by atoms with van der Waals surface area (Å²) in [5.41, 5.74) is 1.71. The molecule has 4 rings (SSSR count). The smallest absolute Gasteiger partial charge is 0.230 e. The molecule has 0 saturated carbocycles. The molecule has 0 fully saturated rings. The van der Waals surface area contributed by atoms with Gasteiger partial charge in [-0.3, -0.25) is 4.79 Å². The van der Waals surface area contributed by atoms with Crippen LogP contribution in [0.1, 0.15) is 29.1 Å². The highest BCUT2D eigenvalue weighted by molar-refractivity contribution is 5.80. The molecule has 6 heteroatoms. The molecular weight excluding hydrogens is 330 g/mol. The quantitative estimate of drug-likeness (QED) is 0.597. The van der Waals surface area contributed by atoms with E-state index in [1.807, 2.05) is 60.7 Å². The van der Waals surface area contributed by atoms with Crippen LogP contribution in [0.3, 0.4) is 0 Å². The Bertz CT molecular complexity index is 1000. The Morgan fingerprint density at radius 2 is 1.81 bits per heavy atom. The molecule has 2 heterocycles. The van der Waals surface area contributed by atoms with Crippen molar-refractivity contribution in [3.63, 3.8) is 0 Å². The summed E-state index contributed by atoms with van der Waals surface area (Å²) in [5.74, 6) is 1.18. The molecular formula is C20H17N3O3. The molecule has 0 aliphatic heterocycles. The second-order valence-corrected chi connectivity index (χ2v) is 5.99. The summed E-state index contributed by atoms with van der Waals surface area (Å²) in [6.45, 7) is 1.69. The molecule has 1 N–H and O–H groups in total. The van der Waals surface area contributed by atoms with Crippen LogP contribution in [-0.4, -0.2) is 16.1 Å². The highest BCUT2D eigenvalue weighted by Gasteiger charge is 2.22. The Labute approximate surface area is 149 Å². The molecule has 0 radical (unpaired) electrons. The maximum absolute atomic E-state index is 12.5. The molecule has 2 aromatic carbocycles. The van der Waals surface area contributed by atoms with Crippen LogP contribution in [0.2, 0.25) is 0 Å². The van der Waals surface area contributed by atoms with Crippen LogP contribution in [-0.2, 0) is 11.2 Å². The normalized spacial score (nSPS) is 12.2. The van der Waals surface area contributed by atoms with Gasteiger partial charge in [0, 0.05) is 12.3 Å². The topological polar surface area (TPSA) is 81.2 Å². The van der Waals surface area contributed by atoms with Gasteiger partial charge in [0.2, 0.25) is 17.7 Å². The van der Waals surface area contributed by atoms with Crippen LogP contribution >= 0.6 is 0 Å². The van der Waals surface area contributed by atoms with E-state index in [1.165, 1.54) is 0 Å².